The van der Waals surface area contributed by atoms with Gasteiger partial charge < -0.3 is 14.9 Å². The zero-order valence-corrected chi connectivity index (χ0v) is 30.5. The summed E-state index contributed by atoms with van der Waals surface area (Å²) in [4.78, 5) is 23.9. The zero-order chi connectivity index (χ0) is 36.3. The van der Waals surface area contributed by atoms with Gasteiger partial charge in [-0.3, -0.25) is 9.88 Å². The molecule has 2 saturated heterocycles. The fourth-order valence-corrected chi connectivity index (χ4v) is 10.6. The van der Waals surface area contributed by atoms with Crippen LogP contribution in [0.2, 0.25) is 0 Å². The molecule has 10 heteroatoms. The van der Waals surface area contributed by atoms with Crippen LogP contribution in [0.5, 0.6) is 0 Å². The molecule has 52 heavy (non-hydrogen) atoms. The van der Waals surface area contributed by atoms with E-state index in [0.717, 1.165) is 81.6 Å². The molecule has 2 unspecified atom stereocenters. The van der Waals surface area contributed by atoms with Crippen LogP contribution in [0.3, 0.4) is 0 Å². The third-order valence-corrected chi connectivity index (χ3v) is 13.7. The summed E-state index contributed by atoms with van der Waals surface area (Å²) in [7, 11) is -3.58. The maximum absolute atomic E-state index is 13.0. The van der Waals surface area contributed by atoms with Gasteiger partial charge in [0.1, 0.15) is 0 Å². The molecule has 270 valence electrons. The van der Waals surface area contributed by atoms with Gasteiger partial charge in [0.25, 0.3) is 0 Å². The fourth-order valence-electron chi connectivity index (χ4n) is 9.32. The molecule has 1 saturated carbocycles. The van der Waals surface area contributed by atoms with Crippen molar-refractivity contribution in [1.82, 2.24) is 14.8 Å². The number of piperidine rings is 1. The third-order valence-electron chi connectivity index (χ3n) is 12.0. The van der Waals surface area contributed by atoms with E-state index in [1.807, 2.05) is 67.6 Å². The van der Waals surface area contributed by atoms with Crippen LogP contribution in [0.4, 0.5) is 10.5 Å². The van der Waals surface area contributed by atoms with Gasteiger partial charge >= 0.3 is 6.09 Å². The van der Waals surface area contributed by atoms with Gasteiger partial charge in [0.05, 0.1) is 27.3 Å². The van der Waals surface area contributed by atoms with E-state index >= 15 is 0 Å². The van der Waals surface area contributed by atoms with Gasteiger partial charge in [-0.2, -0.15) is 5.26 Å². The predicted molar refractivity (Wildman–Crippen MR) is 201 cm³/mol. The van der Waals surface area contributed by atoms with Crippen molar-refractivity contribution in [3.8, 4) is 6.07 Å². The van der Waals surface area contributed by atoms with Crippen LogP contribution in [0.1, 0.15) is 56.2 Å². The van der Waals surface area contributed by atoms with Gasteiger partial charge in [0.15, 0.2) is 0 Å². The summed E-state index contributed by atoms with van der Waals surface area (Å²) < 4.78 is 26.0. The number of carbonyl (C=O) groups is 1. The average Bonchev–Trinajstić information content (AvgIpc) is 3.64. The van der Waals surface area contributed by atoms with Crippen LogP contribution in [0.25, 0.3) is 0 Å². The largest absolute Gasteiger partial charge is 0.465 e. The molecule has 3 aliphatic rings. The molecular formula is C42H47N5O4S. The number of nitriles is 1. The number of aromatic nitrogens is 1. The van der Waals surface area contributed by atoms with Gasteiger partial charge in [-0.05, 0) is 99.1 Å². The van der Waals surface area contributed by atoms with Crippen molar-refractivity contribution in [1.29, 1.82) is 5.26 Å². The summed E-state index contributed by atoms with van der Waals surface area (Å²) in [5.41, 5.74) is 2.21. The summed E-state index contributed by atoms with van der Waals surface area (Å²) in [6.07, 6.45) is 6.30. The van der Waals surface area contributed by atoms with Crippen molar-refractivity contribution in [3.63, 3.8) is 0 Å². The molecule has 4 atom stereocenters. The monoisotopic (exact) mass is 717 g/mol. The molecular weight excluding hydrogens is 671 g/mol. The van der Waals surface area contributed by atoms with E-state index < -0.39 is 21.3 Å². The van der Waals surface area contributed by atoms with E-state index in [1.54, 1.807) is 17.0 Å². The van der Waals surface area contributed by atoms with Gasteiger partial charge in [-0.1, -0.05) is 67.1 Å². The summed E-state index contributed by atoms with van der Waals surface area (Å²) in [5, 5.41) is 21.9. The number of rotatable bonds is 11. The first kappa shape index (κ1) is 35.7. The number of hydrogen-bond acceptors (Lipinski definition) is 7. The van der Waals surface area contributed by atoms with Gasteiger partial charge in [-0.15, -0.1) is 0 Å². The highest BCUT2D eigenvalue weighted by Gasteiger charge is 2.54. The number of nitrogens with zero attached hydrogens (tertiary/aromatic N) is 5. The Balaban J connectivity index is 1.02. The minimum Gasteiger partial charge on any atom is -0.465 e. The van der Waals surface area contributed by atoms with E-state index in [1.165, 1.54) is 24.5 Å². The summed E-state index contributed by atoms with van der Waals surface area (Å²) in [6, 6.07) is 32.5. The van der Waals surface area contributed by atoms with E-state index in [2.05, 4.69) is 33.0 Å². The highest BCUT2D eigenvalue weighted by molar-refractivity contribution is 7.91. The molecule has 3 heterocycles. The fraction of sp³-hybridized carbons (Fsp3) is 0.405. The molecule has 3 aromatic carbocycles. The molecule has 7 rings (SSSR count). The van der Waals surface area contributed by atoms with Crippen LogP contribution < -0.4 is 4.90 Å². The Morgan fingerprint density at radius 2 is 1.52 bits per heavy atom. The number of amides is 1. The van der Waals surface area contributed by atoms with Gasteiger partial charge in [-0.25, -0.2) is 13.2 Å². The van der Waals surface area contributed by atoms with E-state index in [-0.39, 0.29) is 33.7 Å². The van der Waals surface area contributed by atoms with Crippen LogP contribution in [0.15, 0.2) is 119 Å². The molecule has 0 radical (unpaired) electrons. The Bertz CT molecular complexity index is 1960. The summed E-state index contributed by atoms with van der Waals surface area (Å²) in [6.45, 7) is 6.59. The van der Waals surface area contributed by atoms with E-state index in [9.17, 15) is 23.6 Å². The molecule has 2 aliphatic heterocycles. The molecule has 4 aromatic rings. The molecule has 1 amide bonds. The second-order valence-corrected chi connectivity index (χ2v) is 16.7. The van der Waals surface area contributed by atoms with E-state index in [4.69, 9.17) is 0 Å². The number of hydrogen-bond donors (Lipinski definition) is 1. The van der Waals surface area contributed by atoms with Crippen molar-refractivity contribution < 1.29 is 18.3 Å². The molecule has 0 bridgehead atoms. The first-order valence-corrected chi connectivity index (χ1v) is 20.0. The second-order valence-electron chi connectivity index (χ2n) is 14.8. The van der Waals surface area contributed by atoms with Crippen LogP contribution in [0, 0.1) is 29.1 Å². The minimum atomic E-state index is -3.58. The van der Waals surface area contributed by atoms with Crippen LogP contribution in [-0.4, -0.2) is 73.2 Å². The number of pyridine rings is 1. The third kappa shape index (κ3) is 6.80. The number of sulfone groups is 1. The Morgan fingerprint density at radius 1 is 0.904 bits per heavy atom. The quantitative estimate of drug-likeness (QED) is 0.170. The smallest absolute Gasteiger partial charge is 0.408 e. The lowest BCUT2D eigenvalue weighted by Gasteiger charge is -2.49. The number of anilines is 1. The van der Waals surface area contributed by atoms with Crippen LogP contribution >= 0.6 is 0 Å². The van der Waals surface area contributed by atoms with Crippen molar-refractivity contribution in [2.24, 2.45) is 17.8 Å². The van der Waals surface area contributed by atoms with E-state index in [0.29, 0.717) is 5.92 Å². The molecule has 1 aliphatic carbocycles. The normalized spacial score (nSPS) is 21.8. The van der Waals surface area contributed by atoms with Gasteiger partial charge in [0.2, 0.25) is 9.84 Å². The number of likely N-dealkylation sites (tertiary alicyclic amines) is 1. The summed E-state index contributed by atoms with van der Waals surface area (Å²) >= 11 is 0. The highest BCUT2D eigenvalue weighted by atomic mass is 32.2. The van der Waals surface area contributed by atoms with Crippen molar-refractivity contribution in [2.45, 2.75) is 66.3 Å². The molecule has 3 fully saturated rings. The van der Waals surface area contributed by atoms with Gasteiger partial charge in [0, 0.05) is 55.6 Å². The Morgan fingerprint density at radius 3 is 2.13 bits per heavy atom. The molecule has 9 nitrogen and oxygen atoms in total. The maximum atomic E-state index is 13.0. The lowest BCUT2D eigenvalue weighted by Crippen LogP contribution is -2.55. The Hall–Kier alpha value is -4.72. The van der Waals surface area contributed by atoms with Crippen molar-refractivity contribution in [2.75, 3.05) is 37.6 Å². The van der Waals surface area contributed by atoms with Crippen molar-refractivity contribution in [3.05, 3.63) is 121 Å². The zero-order valence-electron chi connectivity index (χ0n) is 29.7. The minimum absolute atomic E-state index is 0.107. The topological polar surface area (TPSA) is 118 Å². The second kappa shape index (κ2) is 15.1. The highest BCUT2D eigenvalue weighted by Crippen LogP contribution is 2.52. The lowest BCUT2D eigenvalue weighted by atomic mass is 9.59. The SMILES string of the molecule is CC(c1ccccc1)N(C(=O)O)[C@H]1CCC[C@@H]1C(C#N)(c1ccccc1)C1CCN(CC2CN(c3ccc(S(=O)(=O)c4ccncc4)cc3)C2)CC1. The Labute approximate surface area is 307 Å². The first-order valence-electron chi connectivity index (χ1n) is 18.5. The average molecular weight is 718 g/mol. The molecule has 1 aromatic heterocycles. The predicted octanol–water partition coefficient (Wildman–Crippen LogP) is 7.43. The summed E-state index contributed by atoms with van der Waals surface area (Å²) in [5.74, 6) is 0.517. The number of carboxylic acid groups (broad SMARTS) is 1. The molecule has 0 spiro atoms. The lowest BCUT2D eigenvalue weighted by molar-refractivity contribution is 0.0495. The molecule has 1 N–H and O–H groups in total. The maximum Gasteiger partial charge on any atom is 0.408 e. The first-order chi connectivity index (χ1) is 25.2. The standard InChI is InChI=1S/C42H47N5O4S/c1-31(33-9-4-2-5-10-33)47(41(48)49)40-14-8-13-39(40)42(30-43,34-11-6-3-7-12-34)35-21-25-45(26-22-35)27-32-28-46(29-32)36-15-17-37(18-16-36)52(50,51)38-19-23-44-24-20-38/h2-7,9-12,15-20,23-24,31-32,35,39-40H,8,13-14,21-22,25-29H2,1H3,(H,48,49)/t31?,39-,40-,42?/m0/s1. The van der Waals surface area contributed by atoms with Crippen molar-refractivity contribution >= 4 is 21.6 Å². The Kier molecular flexibility index (Phi) is 10.4. The van der Waals surface area contributed by atoms with Crippen LogP contribution in [-0.2, 0) is 15.3 Å². The number of benzene rings is 3.